The van der Waals surface area contributed by atoms with Crippen molar-refractivity contribution < 1.29 is 22.7 Å². The Morgan fingerprint density at radius 1 is 1.44 bits per heavy atom. The summed E-state index contributed by atoms with van der Waals surface area (Å²) in [7, 11) is 0. The van der Waals surface area contributed by atoms with Crippen molar-refractivity contribution in [3.63, 3.8) is 0 Å². The molecule has 0 saturated carbocycles. The average molecular weight is 409 g/mol. The van der Waals surface area contributed by atoms with Crippen LogP contribution >= 0.6 is 23.4 Å². The molecule has 1 fully saturated rings. The van der Waals surface area contributed by atoms with Crippen LogP contribution in [0.4, 0.5) is 8.78 Å². The molecule has 0 N–H and O–H groups in total. The maximum absolute atomic E-state index is 13.1. The fourth-order valence-electron chi connectivity index (χ4n) is 4.83. The van der Waals surface area contributed by atoms with Crippen LogP contribution in [0, 0.1) is 11.5 Å². The van der Waals surface area contributed by atoms with Gasteiger partial charge in [0.1, 0.15) is 19.2 Å². The Kier molecular flexibility index (Phi) is 3.92. The van der Waals surface area contributed by atoms with Gasteiger partial charge in [0, 0.05) is 28.0 Å². The van der Waals surface area contributed by atoms with E-state index in [2.05, 4.69) is 5.11 Å². The Labute approximate surface area is 163 Å². The standard InChI is InChI=1S/C18H15ClF2N4OS/c19-11-4-5-14-10(6-11)7-25-8-15(27-14)17(25)24(23-9-22)12-2-1-3-13(16(12)25)26-18(20)21/h1-2,4-6,13,15,17-18H,3,7-8H2/q+2/b24-23+/t13?,15-,17?,25-/m1/s1. The van der Waals surface area contributed by atoms with Crippen LogP contribution in [0.25, 0.3) is 0 Å². The van der Waals surface area contributed by atoms with E-state index in [4.69, 9.17) is 16.3 Å². The first kappa shape index (κ1) is 17.3. The summed E-state index contributed by atoms with van der Waals surface area (Å²) in [6.45, 7) is -1.44. The third-order valence-electron chi connectivity index (χ3n) is 5.69. The smallest absolute Gasteiger partial charge is 0.308 e. The highest BCUT2D eigenvalue weighted by Gasteiger charge is 2.74. The molecule has 5 rings (SSSR count). The number of allylic oxidation sites excluding steroid dienone is 1. The van der Waals surface area contributed by atoms with Crippen LogP contribution in [0.3, 0.4) is 0 Å². The SMILES string of the molecule is N#C/N=[N+]1\C2=C(C(OC(F)F)CC=C2)[N@@+]23Cc4cc(Cl)ccc4S[C@H](C2)C13. The quantitative estimate of drug-likeness (QED) is 0.418. The molecule has 27 heavy (non-hydrogen) atoms. The minimum Gasteiger partial charge on any atom is -0.308 e. The summed E-state index contributed by atoms with van der Waals surface area (Å²) in [6, 6.07) is 5.82. The number of quaternary nitrogens is 1. The number of hydrogen-bond acceptors (Lipinski definition) is 4. The molecule has 1 aromatic rings. The number of rotatable bonds is 2. The highest BCUT2D eigenvalue weighted by molar-refractivity contribution is 8.00. The third-order valence-corrected chi connectivity index (χ3v) is 7.27. The number of alkyl halides is 2. The second-order valence-electron chi connectivity index (χ2n) is 7.04. The second kappa shape index (κ2) is 6.11. The summed E-state index contributed by atoms with van der Waals surface area (Å²) in [5.41, 5.74) is 2.60. The van der Waals surface area contributed by atoms with E-state index in [1.165, 1.54) is 0 Å². The van der Waals surface area contributed by atoms with E-state index in [1.807, 2.05) is 36.5 Å². The average Bonchev–Trinajstić information content (AvgIpc) is 2.73. The molecule has 138 valence electrons. The van der Waals surface area contributed by atoms with Gasteiger partial charge in [-0.1, -0.05) is 17.7 Å². The molecule has 4 atom stereocenters. The van der Waals surface area contributed by atoms with Gasteiger partial charge in [-0.2, -0.15) is 14.0 Å². The normalized spacial score (nSPS) is 34.6. The van der Waals surface area contributed by atoms with Crippen molar-refractivity contribution in [3.8, 4) is 6.19 Å². The lowest BCUT2D eigenvalue weighted by atomic mass is 9.96. The van der Waals surface area contributed by atoms with Crippen molar-refractivity contribution in [2.24, 2.45) is 5.11 Å². The fraction of sp³-hybridized carbons (Fsp3) is 0.389. The van der Waals surface area contributed by atoms with Gasteiger partial charge in [-0.3, -0.25) is 0 Å². The molecule has 0 radical (unpaired) electrons. The van der Waals surface area contributed by atoms with Crippen molar-refractivity contribution in [2.75, 3.05) is 6.54 Å². The first-order valence-electron chi connectivity index (χ1n) is 8.59. The Bertz CT molecular complexity index is 973. The number of nitrogens with zero attached hydrogens (tertiary/aromatic N) is 4. The first-order chi connectivity index (χ1) is 13.0. The summed E-state index contributed by atoms with van der Waals surface area (Å²) >= 11 is 7.95. The van der Waals surface area contributed by atoms with Gasteiger partial charge in [-0.15, -0.1) is 11.8 Å². The van der Waals surface area contributed by atoms with E-state index in [0.717, 1.165) is 22.7 Å². The summed E-state index contributed by atoms with van der Waals surface area (Å²) in [5, 5.41) is 14.1. The van der Waals surface area contributed by atoms with E-state index in [-0.39, 0.29) is 11.4 Å². The lowest BCUT2D eigenvalue weighted by Gasteiger charge is -2.47. The predicted octanol–water partition coefficient (Wildman–Crippen LogP) is 4.21. The summed E-state index contributed by atoms with van der Waals surface area (Å²) in [4.78, 5) is 1.14. The highest BCUT2D eigenvalue weighted by atomic mass is 35.5. The van der Waals surface area contributed by atoms with E-state index in [9.17, 15) is 14.0 Å². The fourth-order valence-corrected chi connectivity index (χ4v) is 6.58. The van der Waals surface area contributed by atoms with Crippen LogP contribution in [0.5, 0.6) is 0 Å². The lowest BCUT2D eigenvalue weighted by molar-refractivity contribution is -1.03. The Balaban J connectivity index is 1.67. The van der Waals surface area contributed by atoms with Crippen LogP contribution in [-0.4, -0.2) is 39.9 Å². The molecule has 5 nitrogen and oxygen atoms in total. The molecular formula is C18H15ClF2N4OS+2. The van der Waals surface area contributed by atoms with Crippen molar-refractivity contribution >= 4 is 23.4 Å². The van der Waals surface area contributed by atoms with Crippen LogP contribution in [0.15, 0.2) is 51.8 Å². The molecule has 3 aliphatic heterocycles. The summed E-state index contributed by atoms with van der Waals surface area (Å²) < 4.78 is 33.3. The Morgan fingerprint density at radius 3 is 3.07 bits per heavy atom. The van der Waals surface area contributed by atoms with Crippen molar-refractivity contribution in [3.05, 3.63) is 52.3 Å². The van der Waals surface area contributed by atoms with E-state index in [1.54, 1.807) is 16.5 Å². The molecule has 3 heterocycles. The number of ether oxygens (including phenoxy) is 1. The van der Waals surface area contributed by atoms with E-state index >= 15 is 0 Å². The number of fused-ring (bicyclic) bond motifs is 3. The largest absolute Gasteiger partial charge is 0.346 e. The predicted molar refractivity (Wildman–Crippen MR) is 93.7 cm³/mol. The Morgan fingerprint density at radius 2 is 2.30 bits per heavy atom. The van der Waals surface area contributed by atoms with Gasteiger partial charge < -0.3 is 4.74 Å². The van der Waals surface area contributed by atoms with Gasteiger partial charge in [0.05, 0.1) is 5.11 Å². The monoisotopic (exact) mass is 408 g/mol. The van der Waals surface area contributed by atoms with Gasteiger partial charge in [0.25, 0.3) is 11.9 Å². The number of benzene rings is 1. The topological polar surface area (TPSA) is 48.4 Å². The van der Waals surface area contributed by atoms with Crippen molar-refractivity contribution in [1.82, 2.24) is 0 Å². The van der Waals surface area contributed by atoms with Gasteiger partial charge in [-0.05, 0) is 22.9 Å². The van der Waals surface area contributed by atoms with Crippen LogP contribution < -0.4 is 0 Å². The second-order valence-corrected chi connectivity index (χ2v) is 8.75. The number of halogens is 3. The number of nitriles is 1. The summed E-state index contributed by atoms with van der Waals surface area (Å²) in [5.74, 6) is 0. The lowest BCUT2D eigenvalue weighted by Crippen LogP contribution is -2.71. The molecule has 0 aromatic heterocycles. The number of hydrogen-bond donors (Lipinski definition) is 0. The zero-order valence-electron chi connectivity index (χ0n) is 14.1. The molecule has 1 aliphatic carbocycles. The number of azo groups is 2. The molecular weight excluding hydrogens is 394 g/mol. The minimum atomic E-state index is -2.85. The summed E-state index contributed by atoms with van der Waals surface area (Å²) in [6.07, 6.45) is 5.12. The molecule has 9 heteroatoms. The molecule has 1 spiro atoms. The van der Waals surface area contributed by atoms with Crippen LogP contribution in [0.1, 0.15) is 12.0 Å². The van der Waals surface area contributed by atoms with Gasteiger partial charge in [0.2, 0.25) is 5.70 Å². The van der Waals surface area contributed by atoms with Crippen LogP contribution in [-0.2, 0) is 11.3 Å². The van der Waals surface area contributed by atoms with Crippen LogP contribution in [0.2, 0.25) is 5.02 Å². The third kappa shape index (κ3) is 2.42. The van der Waals surface area contributed by atoms with Gasteiger partial charge >= 0.3 is 12.8 Å². The van der Waals surface area contributed by atoms with E-state index < -0.39 is 12.7 Å². The molecule has 2 bridgehead atoms. The Hall–Kier alpha value is -1.79. The zero-order valence-corrected chi connectivity index (χ0v) is 15.6. The highest BCUT2D eigenvalue weighted by Crippen LogP contribution is 2.56. The molecule has 1 aromatic carbocycles. The maximum atomic E-state index is 13.1. The number of thioether (sulfide) groups is 1. The van der Waals surface area contributed by atoms with Crippen molar-refractivity contribution in [1.29, 1.82) is 5.26 Å². The van der Waals surface area contributed by atoms with Crippen molar-refractivity contribution in [2.45, 2.75) is 42.0 Å². The molecule has 0 amide bonds. The van der Waals surface area contributed by atoms with Gasteiger partial charge in [0.15, 0.2) is 5.25 Å². The van der Waals surface area contributed by atoms with E-state index in [0.29, 0.717) is 28.2 Å². The molecule has 2 unspecified atom stereocenters. The first-order valence-corrected chi connectivity index (χ1v) is 9.85. The maximum Gasteiger partial charge on any atom is 0.346 e. The molecule has 1 saturated heterocycles. The molecule has 4 aliphatic rings. The zero-order chi connectivity index (χ0) is 18.8. The minimum absolute atomic E-state index is 0.0997. The van der Waals surface area contributed by atoms with Gasteiger partial charge in [-0.25, -0.2) is 4.48 Å².